The molecule has 0 radical (unpaired) electrons. The zero-order valence-corrected chi connectivity index (χ0v) is 9.67. The third-order valence-corrected chi connectivity index (χ3v) is 4.06. The lowest BCUT2D eigenvalue weighted by atomic mass is 10.4. The summed E-state index contributed by atoms with van der Waals surface area (Å²) in [5.74, 6) is 0.941. The van der Waals surface area contributed by atoms with Crippen LogP contribution in [-0.4, -0.2) is 17.6 Å². The summed E-state index contributed by atoms with van der Waals surface area (Å²) < 4.78 is 0. The first-order valence-electron chi connectivity index (χ1n) is 5.78. The van der Waals surface area contributed by atoms with Crippen molar-refractivity contribution in [3.05, 3.63) is 11.1 Å². The molecular formula is C11H17N3S. The Morgan fingerprint density at radius 3 is 2.73 bits per heavy atom. The van der Waals surface area contributed by atoms with Gasteiger partial charge >= 0.3 is 0 Å². The summed E-state index contributed by atoms with van der Waals surface area (Å²) in [6.45, 7) is 1.79. The topological polar surface area (TPSA) is 42.1 Å². The number of nitrogens with zero attached hydrogens (tertiary/aromatic N) is 2. The monoisotopic (exact) mass is 223 g/mol. The summed E-state index contributed by atoms with van der Waals surface area (Å²) in [6, 6.07) is 0.780. The molecule has 1 heterocycles. The number of nitrogens with two attached hydrogens (primary N) is 1. The molecule has 82 valence electrons. The molecule has 0 aromatic carbocycles. The molecule has 0 unspecified atom stereocenters. The number of aromatic nitrogens is 1. The molecule has 0 atom stereocenters. The molecule has 0 bridgehead atoms. The maximum absolute atomic E-state index is 5.59. The largest absolute Gasteiger partial charge is 0.345 e. The normalized spacial score (nSPS) is 20.6. The van der Waals surface area contributed by atoms with Crippen molar-refractivity contribution >= 4 is 16.5 Å². The van der Waals surface area contributed by atoms with Crippen molar-refractivity contribution in [2.24, 2.45) is 11.7 Å². The molecule has 1 aromatic heterocycles. The van der Waals surface area contributed by atoms with Crippen LogP contribution in [0.15, 0.2) is 5.38 Å². The first kappa shape index (κ1) is 9.60. The minimum atomic E-state index is 0.568. The van der Waals surface area contributed by atoms with Crippen LogP contribution in [0.2, 0.25) is 0 Å². The van der Waals surface area contributed by atoms with Crippen LogP contribution >= 0.6 is 11.3 Å². The van der Waals surface area contributed by atoms with E-state index in [4.69, 9.17) is 5.73 Å². The molecule has 0 amide bonds. The van der Waals surface area contributed by atoms with Crippen molar-refractivity contribution in [2.75, 3.05) is 11.4 Å². The third-order valence-electron chi connectivity index (χ3n) is 3.13. The Hall–Kier alpha value is -0.610. The molecule has 3 nitrogen and oxygen atoms in total. The average Bonchev–Trinajstić information content (AvgIpc) is 3.14. The second-order valence-corrected chi connectivity index (χ2v) is 5.49. The predicted molar refractivity (Wildman–Crippen MR) is 63.1 cm³/mol. The van der Waals surface area contributed by atoms with Crippen LogP contribution in [0, 0.1) is 5.92 Å². The first-order chi connectivity index (χ1) is 7.36. The van der Waals surface area contributed by atoms with Crippen LogP contribution in [0.25, 0.3) is 0 Å². The first-order valence-corrected chi connectivity index (χ1v) is 6.66. The fraction of sp³-hybridized carbons (Fsp3) is 0.727. The van der Waals surface area contributed by atoms with Crippen LogP contribution in [-0.2, 0) is 6.54 Å². The number of rotatable bonds is 5. The lowest BCUT2D eigenvalue weighted by Crippen LogP contribution is -2.27. The summed E-state index contributed by atoms with van der Waals surface area (Å²) >= 11 is 1.76. The van der Waals surface area contributed by atoms with Gasteiger partial charge < -0.3 is 10.6 Å². The minimum Gasteiger partial charge on any atom is -0.345 e. The van der Waals surface area contributed by atoms with Gasteiger partial charge in [0.25, 0.3) is 0 Å². The Bertz CT molecular complexity index is 341. The second-order valence-electron chi connectivity index (χ2n) is 4.65. The Morgan fingerprint density at radius 1 is 1.40 bits per heavy atom. The highest BCUT2D eigenvalue weighted by Crippen LogP contribution is 2.38. The van der Waals surface area contributed by atoms with Crippen molar-refractivity contribution < 1.29 is 0 Å². The predicted octanol–water partition coefficient (Wildman–Crippen LogP) is 1.98. The van der Waals surface area contributed by atoms with Gasteiger partial charge in [0.15, 0.2) is 5.13 Å². The Labute approximate surface area is 94.3 Å². The van der Waals surface area contributed by atoms with Crippen LogP contribution in [0.5, 0.6) is 0 Å². The summed E-state index contributed by atoms with van der Waals surface area (Å²) in [4.78, 5) is 7.11. The highest BCUT2D eigenvalue weighted by atomic mass is 32.1. The maximum Gasteiger partial charge on any atom is 0.185 e. The molecule has 3 rings (SSSR count). The van der Waals surface area contributed by atoms with Gasteiger partial charge in [0, 0.05) is 24.5 Å². The molecule has 0 spiro atoms. The SMILES string of the molecule is NCc1csc(N(CC2CC2)C2CC2)n1. The standard InChI is InChI=1S/C11H17N3S/c12-5-9-7-15-11(13-9)14(10-3-4-10)6-8-1-2-8/h7-8,10H,1-6,12H2. The zero-order valence-electron chi connectivity index (χ0n) is 8.85. The van der Waals surface area contributed by atoms with Crippen LogP contribution in [0.3, 0.4) is 0 Å². The molecule has 1 aromatic rings. The van der Waals surface area contributed by atoms with E-state index >= 15 is 0 Å². The van der Waals surface area contributed by atoms with Crippen molar-refractivity contribution in [1.29, 1.82) is 0 Å². The quantitative estimate of drug-likeness (QED) is 0.830. The lowest BCUT2D eigenvalue weighted by Gasteiger charge is -2.21. The van der Waals surface area contributed by atoms with Crippen molar-refractivity contribution in [2.45, 2.75) is 38.3 Å². The molecule has 0 saturated heterocycles. The molecule has 2 fully saturated rings. The average molecular weight is 223 g/mol. The van der Waals surface area contributed by atoms with Gasteiger partial charge in [-0.15, -0.1) is 11.3 Å². The van der Waals surface area contributed by atoms with Gasteiger partial charge in [-0.1, -0.05) is 0 Å². The molecule has 2 N–H and O–H groups in total. The molecule has 0 aliphatic heterocycles. The van der Waals surface area contributed by atoms with E-state index in [1.54, 1.807) is 11.3 Å². The zero-order chi connectivity index (χ0) is 10.3. The smallest absolute Gasteiger partial charge is 0.185 e. The number of anilines is 1. The third kappa shape index (κ3) is 2.16. The van der Waals surface area contributed by atoms with E-state index in [1.807, 2.05) is 0 Å². The number of thiazole rings is 1. The van der Waals surface area contributed by atoms with Crippen molar-refractivity contribution in [1.82, 2.24) is 4.98 Å². The molecule has 2 saturated carbocycles. The fourth-order valence-corrected chi connectivity index (χ4v) is 2.79. The van der Waals surface area contributed by atoms with E-state index in [1.165, 1.54) is 37.4 Å². The van der Waals surface area contributed by atoms with E-state index in [0.717, 1.165) is 17.7 Å². The van der Waals surface area contributed by atoms with Gasteiger partial charge in [0.05, 0.1) is 5.69 Å². The van der Waals surface area contributed by atoms with Gasteiger partial charge in [0.1, 0.15) is 0 Å². The van der Waals surface area contributed by atoms with E-state index in [9.17, 15) is 0 Å². The second kappa shape index (κ2) is 3.76. The Morgan fingerprint density at radius 2 is 2.20 bits per heavy atom. The van der Waals surface area contributed by atoms with Gasteiger partial charge in [0.2, 0.25) is 0 Å². The van der Waals surface area contributed by atoms with Gasteiger partial charge in [-0.05, 0) is 31.6 Å². The van der Waals surface area contributed by atoms with Crippen LogP contribution < -0.4 is 10.6 Å². The molecule has 15 heavy (non-hydrogen) atoms. The van der Waals surface area contributed by atoms with Crippen LogP contribution in [0.1, 0.15) is 31.4 Å². The van der Waals surface area contributed by atoms with E-state index < -0.39 is 0 Å². The minimum absolute atomic E-state index is 0.568. The summed E-state index contributed by atoms with van der Waals surface area (Å²) in [7, 11) is 0. The highest BCUT2D eigenvalue weighted by molar-refractivity contribution is 7.13. The summed E-state index contributed by atoms with van der Waals surface area (Å²) in [5, 5.41) is 3.29. The number of hydrogen-bond acceptors (Lipinski definition) is 4. The molecule has 2 aliphatic rings. The highest BCUT2D eigenvalue weighted by Gasteiger charge is 2.35. The van der Waals surface area contributed by atoms with Crippen molar-refractivity contribution in [3.8, 4) is 0 Å². The molecule has 4 heteroatoms. The van der Waals surface area contributed by atoms with Gasteiger partial charge in [-0.3, -0.25) is 0 Å². The Kier molecular flexibility index (Phi) is 2.41. The fourth-order valence-electron chi connectivity index (χ4n) is 1.87. The molecule has 2 aliphatic carbocycles. The summed E-state index contributed by atoms with van der Waals surface area (Å²) in [5.41, 5.74) is 6.63. The van der Waals surface area contributed by atoms with E-state index in [0.29, 0.717) is 6.54 Å². The van der Waals surface area contributed by atoms with Gasteiger partial charge in [-0.25, -0.2) is 4.98 Å². The van der Waals surface area contributed by atoms with E-state index in [2.05, 4.69) is 15.3 Å². The van der Waals surface area contributed by atoms with E-state index in [-0.39, 0.29) is 0 Å². The summed E-state index contributed by atoms with van der Waals surface area (Å²) in [6.07, 6.45) is 5.53. The number of hydrogen-bond donors (Lipinski definition) is 1. The van der Waals surface area contributed by atoms with Crippen molar-refractivity contribution in [3.63, 3.8) is 0 Å². The Balaban J connectivity index is 1.74. The maximum atomic E-state index is 5.59. The molecular weight excluding hydrogens is 206 g/mol. The lowest BCUT2D eigenvalue weighted by molar-refractivity contribution is 0.714. The van der Waals surface area contributed by atoms with Crippen LogP contribution in [0.4, 0.5) is 5.13 Å². The van der Waals surface area contributed by atoms with Gasteiger partial charge in [-0.2, -0.15) is 0 Å².